The van der Waals surface area contributed by atoms with E-state index < -0.39 is 25.1 Å². The van der Waals surface area contributed by atoms with E-state index in [1.165, 1.54) is 31.4 Å². The number of halogens is 2. The van der Waals surface area contributed by atoms with Crippen LogP contribution in [0.5, 0.6) is 11.5 Å². The van der Waals surface area contributed by atoms with Crippen molar-refractivity contribution in [2.24, 2.45) is 0 Å². The Labute approximate surface area is 189 Å². The molecule has 33 heavy (non-hydrogen) atoms. The fourth-order valence-electron chi connectivity index (χ4n) is 2.94. The zero-order valence-electron chi connectivity index (χ0n) is 17.7. The van der Waals surface area contributed by atoms with Gasteiger partial charge in [-0.3, -0.25) is 4.79 Å². The summed E-state index contributed by atoms with van der Waals surface area (Å²) in [6, 6.07) is 21.5. The number of methoxy groups -OCH3 is 1. The van der Waals surface area contributed by atoms with Crippen LogP contribution in [0.4, 0.5) is 14.5 Å². The van der Waals surface area contributed by atoms with Crippen LogP contribution in [0.15, 0.2) is 78.9 Å². The number of benzene rings is 3. The Morgan fingerprint density at radius 3 is 2.27 bits per heavy atom. The van der Waals surface area contributed by atoms with Gasteiger partial charge < -0.3 is 19.5 Å². The minimum atomic E-state index is -2.94. The van der Waals surface area contributed by atoms with Gasteiger partial charge in [-0.15, -0.1) is 0 Å². The van der Waals surface area contributed by atoms with Crippen molar-refractivity contribution >= 4 is 29.2 Å². The van der Waals surface area contributed by atoms with Crippen LogP contribution in [0.25, 0.3) is 11.6 Å². The predicted molar refractivity (Wildman–Crippen MR) is 120 cm³/mol. The molecule has 3 rings (SSSR count). The number of esters is 1. The van der Waals surface area contributed by atoms with Gasteiger partial charge in [0.2, 0.25) is 0 Å². The molecule has 0 fully saturated rings. The summed E-state index contributed by atoms with van der Waals surface area (Å²) in [5.41, 5.74) is 1.88. The van der Waals surface area contributed by atoms with Gasteiger partial charge in [-0.25, -0.2) is 4.79 Å². The number of hydrogen-bond donors (Lipinski definition) is 1. The van der Waals surface area contributed by atoms with E-state index in [0.717, 1.165) is 0 Å². The second-order valence-electron chi connectivity index (χ2n) is 6.69. The van der Waals surface area contributed by atoms with Crippen molar-refractivity contribution in [3.05, 3.63) is 90.0 Å². The first-order chi connectivity index (χ1) is 16.0. The molecule has 0 atom stereocenters. The Balaban J connectivity index is 1.70. The Morgan fingerprint density at radius 2 is 1.61 bits per heavy atom. The number of alkyl halides is 2. The molecule has 3 aromatic rings. The van der Waals surface area contributed by atoms with Gasteiger partial charge in [0.05, 0.1) is 12.7 Å². The summed E-state index contributed by atoms with van der Waals surface area (Å²) in [6.07, 6.45) is 1.64. The van der Waals surface area contributed by atoms with Gasteiger partial charge in [-0.1, -0.05) is 48.5 Å². The van der Waals surface area contributed by atoms with Gasteiger partial charge in [-0.05, 0) is 42.0 Å². The molecular weight excluding hydrogens is 432 g/mol. The SMILES string of the molecule is COc1ccccc1C=C(C(=O)OCC(=O)Nc1ccc(OC(F)F)cc1)c1ccccc1. The molecule has 0 saturated carbocycles. The van der Waals surface area contributed by atoms with Gasteiger partial charge in [0.1, 0.15) is 11.5 Å². The number of nitrogens with one attached hydrogen (secondary N) is 1. The van der Waals surface area contributed by atoms with Crippen molar-refractivity contribution in [2.75, 3.05) is 19.0 Å². The molecule has 3 aromatic carbocycles. The molecule has 8 heteroatoms. The maximum Gasteiger partial charge on any atom is 0.387 e. The Bertz CT molecular complexity index is 1120. The van der Waals surface area contributed by atoms with Crippen LogP contribution in [-0.4, -0.2) is 32.2 Å². The lowest BCUT2D eigenvalue weighted by atomic mass is 10.0. The molecule has 0 spiro atoms. The van der Waals surface area contributed by atoms with Crippen molar-refractivity contribution in [1.82, 2.24) is 0 Å². The number of rotatable bonds is 9. The summed E-state index contributed by atoms with van der Waals surface area (Å²) < 4.78 is 39.3. The second kappa shape index (κ2) is 11.4. The first-order valence-corrected chi connectivity index (χ1v) is 9.88. The lowest BCUT2D eigenvalue weighted by Crippen LogP contribution is -2.21. The second-order valence-corrected chi connectivity index (χ2v) is 6.69. The van der Waals surface area contributed by atoms with Crippen LogP contribution >= 0.6 is 0 Å². The number of carbonyl (C=O) groups is 2. The number of carbonyl (C=O) groups excluding carboxylic acids is 2. The van der Waals surface area contributed by atoms with Gasteiger partial charge >= 0.3 is 12.6 Å². The molecular formula is C25H21F2NO5. The topological polar surface area (TPSA) is 73.9 Å². The summed E-state index contributed by atoms with van der Waals surface area (Å²) in [7, 11) is 1.53. The molecule has 0 aliphatic rings. The van der Waals surface area contributed by atoms with Crippen LogP contribution in [0.3, 0.4) is 0 Å². The van der Waals surface area contributed by atoms with E-state index in [9.17, 15) is 18.4 Å². The molecule has 0 aromatic heterocycles. The molecule has 0 bridgehead atoms. The monoisotopic (exact) mass is 453 g/mol. The van der Waals surface area contributed by atoms with Crippen molar-refractivity contribution in [3.63, 3.8) is 0 Å². The average molecular weight is 453 g/mol. The zero-order valence-corrected chi connectivity index (χ0v) is 17.7. The Kier molecular flexibility index (Phi) is 8.13. The highest BCUT2D eigenvalue weighted by molar-refractivity contribution is 6.22. The molecule has 1 N–H and O–H groups in total. The fraction of sp³-hybridized carbons (Fsp3) is 0.120. The highest BCUT2D eigenvalue weighted by Gasteiger charge is 2.17. The highest BCUT2D eigenvalue weighted by Crippen LogP contribution is 2.25. The number of anilines is 1. The number of amides is 1. The summed E-state index contributed by atoms with van der Waals surface area (Å²) in [4.78, 5) is 25.1. The van der Waals surface area contributed by atoms with E-state index in [1.807, 2.05) is 18.2 Å². The highest BCUT2D eigenvalue weighted by atomic mass is 19.3. The molecule has 170 valence electrons. The quantitative estimate of drug-likeness (QED) is 0.280. The number of hydrogen-bond acceptors (Lipinski definition) is 5. The van der Waals surface area contributed by atoms with Crippen LogP contribution in [0.1, 0.15) is 11.1 Å². The lowest BCUT2D eigenvalue weighted by molar-refractivity contribution is -0.141. The molecule has 0 radical (unpaired) electrons. The van der Waals surface area contributed by atoms with Crippen LogP contribution in [0, 0.1) is 0 Å². The van der Waals surface area contributed by atoms with Crippen molar-refractivity contribution in [1.29, 1.82) is 0 Å². The van der Waals surface area contributed by atoms with E-state index in [4.69, 9.17) is 9.47 Å². The van der Waals surface area contributed by atoms with Gasteiger partial charge in [0, 0.05) is 11.3 Å². The van der Waals surface area contributed by atoms with E-state index in [0.29, 0.717) is 22.6 Å². The van der Waals surface area contributed by atoms with Crippen molar-refractivity contribution < 1.29 is 32.6 Å². The molecule has 0 unspecified atom stereocenters. The van der Waals surface area contributed by atoms with Crippen LogP contribution in [0.2, 0.25) is 0 Å². The van der Waals surface area contributed by atoms with Crippen molar-refractivity contribution in [2.45, 2.75) is 6.61 Å². The van der Waals surface area contributed by atoms with Crippen molar-refractivity contribution in [3.8, 4) is 11.5 Å². The largest absolute Gasteiger partial charge is 0.496 e. The van der Waals surface area contributed by atoms with Crippen LogP contribution in [-0.2, 0) is 14.3 Å². The summed E-state index contributed by atoms with van der Waals surface area (Å²) in [5, 5.41) is 2.53. The molecule has 0 saturated heterocycles. The molecule has 0 heterocycles. The van der Waals surface area contributed by atoms with Crippen LogP contribution < -0.4 is 14.8 Å². The predicted octanol–water partition coefficient (Wildman–Crippen LogP) is 5.02. The number of ether oxygens (including phenoxy) is 3. The first kappa shape index (κ1) is 23.5. The first-order valence-electron chi connectivity index (χ1n) is 9.88. The van der Waals surface area contributed by atoms with Gasteiger partial charge in [0.25, 0.3) is 5.91 Å². The Morgan fingerprint density at radius 1 is 0.939 bits per heavy atom. The third kappa shape index (κ3) is 6.90. The molecule has 0 aliphatic carbocycles. The smallest absolute Gasteiger partial charge is 0.387 e. The normalized spacial score (nSPS) is 11.1. The summed E-state index contributed by atoms with van der Waals surface area (Å²) in [6.45, 7) is -3.47. The minimum absolute atomic E-state index is 0.0385. The fourth-order valence-corrected chi connectivity index (χ4v) is 2.94. The average Bonchev–Trinajstić information content (AvgIpc) is 2.82. The van der Waals surface area contributed by atoms with E-state index in [2.05, 4.69) is 10.1 Å². The zero-order chi connectivity index (χ0) is 23.6. The lowest BCUT2D eigenvalue weighted by Gasteiger charge is -2.11. The molecule has 6 nitrogen and oxygen atoms in total. The van der Waals surface area contributed by atoms with E-state index in [1.54, 1.807) is 42.5 Å². The third-order valence-electron chi connectivity index (χ3n) is 4.44. The maximum atomic E-state index is 12.9. The Hall–Kier alpha value is -4.20. The summed E-state index contributed by atoms with van der Waals surface area (Å²) in [5.74, 6) is -0.738. The number of para-hydroxylation sites is 1. The van der Waals surface area contributed by atoms with E-state index in [-0.39, 0.29) is 11.3 Å². The molecule has 0 aliphatic heterocycles. The third-order valence-corrected chi connectivity index (χ3v) is 4.44. The van der Waals surface area contributed by atoms with Gasteiger partial charge in [0.15, 0.2) is 6.61 Å². The minimum Gasteiger partial charge on any atom is -0.496 e. The maximum absolute atomic E-state index is 12.9. The standard InChI is InChI=1S/C25H21F2NO5/c1-31-22-10-6-5-9-18(22)15-21(17-7-3-2-4-8-17)24(30)32-16-23(29)28-19-11-13-20(14-12-19)33-25(26)27/h2-15,25H,16H2,1H3,(H,28,29). The van der Waals surface area contributed by atoms with E-state index >= 15 is 0 Å². The summed E-state index contributed by atoms with van der Waals surface area (Å²) >= 11 is 0. The van der Waals surface area contributed by atoms with Gasteiger partial charge in [-0.2, -0.15) is 8.78 Å². The molecule has 1 amide bonds.